The summed E-state index contributed by atoms with van der Waals surface area (Å²) < 4.78 is 0. The highest BCUT2D eigenvalue weighted by Crippen LogP contribution is 2.33. The number of thiazole rings is 1. The van der Waals surface area contributed by atoms with Crippen molar-refractivity contribution >= 4 is 68.9 Å². The molecule has 0 bridgehead atoms. The Morgan fingerprint density at radius 3 is 2.60 bits per heavy atom. The number of ketones is 1. The van der Waals surface area contributed by atoms with Gasteiger partial charge in [0.05, 0.1) is 21.4 Å². The SMILES string of the molecule is C=C(/C=C\C/C(=C\C)Nc1nc(N)c(C(=O)c2c(Cl)cccc2Cl)s1)SCC(N)=O. The van der Waals surface area contributed by atoms with Gasteiger partial charge in [-0.2, -0.15) is 0 Å². The smallest absolute Gasteiger partial charge is 0.227 e. The molecule has 0 saturated carbocycles. The van der Waals surface area contributed by atoms with Crippen LogP contribution in [0.15, 0.2) is 53.6 Å². The first-order chi connectivity index (χ1) is 14.2. The molecule has 2 rings (SSSR count). The molecular formula is C20H20Cl2N4O2S2. The van der Waals surface area contributed by atoms with Gasteiger partial charge in [0.15, 0.2) is 5.13 Å². The van der Waals surface area contributed by atoms with E-state index in [0.29, 0.717) is 11.6 Å². The molecular weight excluding hydrogens is 463 g/mol. The number of nitrogen functional groups attached to an aromatic ring is 1. The van der Waals surface area contributed by atoms with Gasteiger partial charge in [-0.25, -0.2) is 4.98 Å². The second-order valence-corrected chi connectivity index (χ2v) is 8.84. The summed E-state index contributed by atoms with van der Waals surface area (Å²) in [5.41, 5.74) is 12.1. The first kappa shape index (κ1) is 24.0. The van der Waals surface area contributed by atoms with Crippen molar-refractivity contribution in [2.75, 3.05) is 16.8 Å². The lowest BCUT2D eigenvalue weighted by molar-refractivity contribution is -0.115. The van der Waals surface area contributed by atoms with E-state index in [4.69, 9.17) is 34.7 Å². The van der Waals surface area contributed by atoms with E-state index in [1.165, 1.54) is 11.8 Å². The highest BCUT2D eigenvalue weighted by molar-refractivity contribution is 8.03. The summed E-state index contributed by atoms with van der Waals surface area (Å²) in [6.45, 7) is 5.73. The molecule has 10 heteroatoms. The maximum atomic E-state index is 12.9. The number of nitrogens with zero attached hydrogens (tertiary/aromatic N) is 1. The zero-order valence-corrected chi connectivity index (χ0v) is 19.2. The number of anilines is 2. The second kappa shape index (κ2) is 11.2. The van der Waals surface area contributed by atoms with Crippen LogP contribution >= 0.6 is 46.3 Å². The molecule has 1 heterocycles. The normalized spacial score (nSPS) is 11.6. The number of hydrogen-bond donors (Lipinski definition) is 3. The number of nitrogens with one attached hydrogen (secondary N) is 1. The number of aromatic nitrogens is 1. The minimum Gasteiger partial charge on any atom is -0.382 e. The first-order valence-corrected chi connectivity index (χ1v) is 11.2. The lowest BCUT2D eigenvalue weighted by atomic mass is 10.1. The standard InChI is InChI=1S/C20H20Cl2N4O2S2/c1-3-12(7-4-6-11(2)29-10-15(23)27)25-20-26-19(24)18(30-20)17(28)16-13(21)8-5-9-14(16)22/h3-6,8-9H,2,7,10,24H2,1H3,(H2,23,27)(H,25,26)/b6-4-,12-3+. The van der Waals surface area contributed by atoms with Gasteiger partial charge in [-0.1, -0.05) is 65.4 Å². The van der Waals surface area contributed by atoms with Gasteiger partial charge >= 0.3 is 0 Å². The number of thioether (sulfide) groups is 1. The quantitative estimate of drug-likeness (QED) is 0.314. The van der Waals surface area contributed by atoms with Crippen LogP contribution in [0.4, 0.5) is 10.9 Å². The van der Waals surface area contributed by atoms with Gasteiger partial charge in [0.2, 0.25) is 11.7 Å². The Morgan fingerprint density at radius 1 is 1.33 bits per heavy atom. The number of rotatable bonds is 10. The first-order valence-electron chi connectivity index (χ1n) is 8.66. The van der Waals surface area contributed by atoms with E-state index in [0.717, 1.165) is 21.9 Å². The molecule has 6 nitrogen and oxygen atoms in total. The monoisotopic (exact) mass is 482 g/mol. The van der Waals surface area contributed by atoms with Crippen molar-refractivity contribution in [3.05, 3.63) is 74.1 Å². The molecule has 0 aliphatic rings. The lowest BCUT2D eigenvalue weighted by Gasteiger charge is -2.05. The molecule has 0 atom stereocenters. The van der Waals surface area contributed by atoms with Crippen molar-refractivity contribution in [1.29, 1.82) is 0 Å². The van der Waals surface area contributed by atoms with E-state index in [-0.39, 0.29) is 37.8 Å². The third-order valence-electron chi connectivity index (χ3n) is 3.71. The van der Waals surface area contributed by atoms with Crippen LogP contribution in [0.5, 0.6) is 0 Å². The van der Waals surface area contributed by atoms with Gasteiger partial charge in [0.25, 0.3) is 0 Å². The maximum absolute atomic E-state index is 12.9. The van der Waals surface area contributed by atoms with E-state index >= 15 is 0 Å². The highest BCUT2D eigenvalue weighted by atomic mass is 35.5. The fourth-order valence-corrected chi connectivity index (χ4v) is 4.24. The molecule has 0 aliphatic heterocycles. The zero-order chi connectivity index (χ0) is 22.3. The Morgan fingerprint density at radius 2 is 2.00 bits per heavy atom. The van der Waals surface area contributed by atoms with Crippen molar-refractivity contribution in [1.82, 2.24) is 4.98 Å². The third-order valence-corrected chi connectivity index (χ3v) is 6.26. The number of nitrogens with two attached hydrogens (primary N) is 2. The molecule has 0 spiro atoms. The fraction of sp³-hybridized carbons (Fsp3) is 0.150. The summed E-state index contributed by atoms with van der Waals surface area (Å²) >= 11 is 14.7. The van der Waals surface area contributed by atoms with E-state index in [1.54, 1.807) is 18.2 Å². The Balaban J connectivity index is 2.08. The molecule has 1 aromatic heterocycles. The third kappa shape index (κ3) is 6.63. The number of benzene rings is 1. The average Bonchev–Trinajstić information content (AvgIpc) is 3.05. The van der Waals surface area contributed by atoms with E-state index in [2.05, 4.69) is 16.9 Å². The van der Waals surface area contributed by atoms with Gasteiger partial charge in [-0.15, -0.1) is 11.8 Å². The number of hydrogen-bond acceptors (Lipinski definition) is 7. The minimum atomic E-state index is -0.393. The molecule has 1 aromatic carbocycles. The molecule has 0 unspecified atom stereocenters. The molecule has 0 aliphatic carbocycles. The Kier molecular flexibility index (Phi) is 8.98. The second-order valence-electron chi connectivity index (χ2n) is 5.93. The Labute approximate surface area is 193 Å². The number of carbonyl (C=O) groups excluding carboxylic acids is 2. The number of carbonyl (C=O) groups is 2. The molecule has 2 aromatic rings. The fourth-order valence-electron chi connectivity index (χ4n) is 2.28. The van der Waals surface area contributed by atoms with Crippen LogP contribution in [0, 0.1) is 0 Å². The van der Waals surface area contributed by atoms with Crippen LogP contribution < -0.4 is 16.8 Å². The topological polar surface area (TPSA) is 111 Å². The molecule has 5 N–H and O–H groups in total. The zero-order valence-electron chi connectivity index (χ0n) is 16.1. The van der Waals surface area contributed by atoms with Gasteiger partial charge < -0.3 is 16.8 Å². The minimum absolute atomic E-state index is 0.103. The summed E-state index contributed by atoms with van der Waals surface area (Å²) in [5.74, 6) is -0.484. The van der Waals surface area contributed by atoms with Crippen molar-refractivity contribution in [3.63, 3.8) is 0 Å². The largest absolute Gasteiger partial charge is 0.382 e. The van der Waals surface area contributed by atoms with Crippen molar-refractivity contribution in [2.45, 2.75) is 13.3 Å². The number of amides is 1. The highest BCUT2D eigenvalue weighted by Gasteiger charge is 2.22. The predicted molar refractivity (Wildman–Crippen MR) is 128 cm³/mol. The molecule has 0 saturated heterocycles. The van der Waals surface area contributed by atoms with Crippen molar-refractivity contribution in [3.8, 4) is 0 Å². The van der Waals surface area contributed by atoms with Crippen molar-refractivity contribution in [2.24, 2.45) is 5.73 Å². The maximum Gasteiger partial charge on any atom is 0.227 e. The predicted octanol–water partition coefficient (Wildman–Crippen LogP) is 5.26. The van der Waals surface area contributed by atoms with E-state index < -0.39 is 5.91 Å². The molecule has 158 valence electrons. The van der Waals surface area contributed by atoms with Gasteiger partial charge in [-0.05, 0) is 19.1 Å². The van der Waals surface area contributed by atoms with Crippen LogP contribution in [-0.2, 0) is 4.79 Å². The van der Waals surface area contributed by atoms with Crippen LogP contribution in [0.2, 0.25) is 10.0 Å². The Hall–Kier alpha value is -2.26. The van der Waals surface area contributed by atoms with Crippen molar-refractivity contribution < 1.29 is 9.59 Å². The van der Waals surface area contributed by atoms with Crippen LogP contribution in [0.3, 0.4) is 0 Å². The number of primary amides is 1. The summed E-state index contributed by atoms with van der Waals surface area (Å²) in [5, 5.41) is 4.14. The summed E-state index contributed by atoms with van der Waals surface area (Å²) in [4.78, 5) is 28.9. The number of allylic oxidation sites excluding steroid dienone is 3. The average molecular weight is 483 g/mol. The van der Waals surface area contributed by atoms with Crippen LogP contribution in [0.1, 0.15) is 28.6 Å². The Bertz CT molecular complexity index is 1010. The molecule has 0 radical (unpaired) electrons. The van der Waals surface area contributed by atoms with Gasteiger partial charge in [0.1, 0.15) is 10.7 Å². The van der Waals surface area contributed by atoms with E-state index in [9.17, 15) is 9.59 Å². The van der Waals surface area contributed by atoms with Gasteiger partial charge in [-0.3, -0.25) is 9.59 Å². The van der Waals surface area contributed by atoms with Crippen LogP contribution in [0.25, 0.3) is 0 Å². The summed E-state index contributed by atoms with van der Waals surface area (Å²) in [6, 6.07) is 4.85. The van der Waals surface area contributed by atoms with E-state index in [1.807, 2.05) is 25.2 Å². The van der Waals surface area contributed by atoms with Crippen LogP contribution in [-0.4, -0.2) is 22.4 Å². The number of halogens is 2. The summed E-state index contributed by atoms with van der Waals surface area (Å²) in [6.07, 6.45) is 6.15. The van der Waals surface area contributed by atoms with Gasteiger partial charge in [0, 0.05) is 17.0 Å². The molecule has 1 amide bonds. The molecule has 30 heavy (non-hydrogen) atoms. The lowest BCUT2D eigenvalue weighted by Crippen LogP contribution is -2.12. The molecule has 0 fully saturated rings. The summed E-state index contributed by atoms with van der Waals surface area (Å²) in [7, 11) is 0.